The van der Waals surface area contributed by atoms with Crippen LogP contribution in [0.1, 0.15) is 11.6 Å². The summed E-state index contributed by atoms with van der Waals surface area (Å²) in [6.45, 7) is -1.37. The van der Waals surface area contributed by atoms with Crippen LogP contribution in [0.5, 0.6) is 5.75 Å². The molecule has 1 aromatic rings. The van der Waals surface area contributed by atoms with Crippen molar-refractivity contribution in [2.24, 2.45) is 0 Å². The van der Waals surface area contributed by atoms with E-state index in [1.165, 1.54) is 25.3 Å². The van der Waals surface area contributed by atoms with Crippen LogP contribution in [0.15, 0.2) is 24.3 Å². The molecule has 0 aliphatic rings. The molecule has 18 heavy (non-hydrogen) atoms. The van der Waals surface area contributed by atoms with Crippen molar-refractivity contribution in [1.29, 1.82) is 0 Å². The summed E-state index contributed by atoms with van der Waals surface area (Å²) in [5, 5.41) is 10.9. The number of carbonyl (C=O) groups is 1. The van der Waals surface area contributed by atoms with Crippen LogP contribution in [-0.2, 0) is 4.79 Å². The van der Waals surface area contributed by atoms with Gasteiger partial charge in [0.25, 0.3) is 0 Å². The normalized spacial score (nSPS) is 13.1. The number of halogens is 3. The molecule has 1 aromatic carbocycles. The lowest BCUT2D eigenvalue weighted by molar-refractivity contribution is -0.143. The lowest BCUT2D eigenvalue weighted by Gasteiger charge is -2.16. The monoisotopic (exact) mass is 263 g/mol. The minimum Gasteiger partial charge on any atom is -0.497 e. The summed E-state index contributed by atoms with van der Waals surface area (Å²) >= 11 is 0. The van der Waals surface area contributed by atoms with Gasteiger partial charge in [-0.3, -0.25) is 10.1 Å². The fourth-order valence-corrected chi connectivity index (χ4v) is 1.39. The van der Waals surface area contributed by atoms with E-state index < -0.39 is 24.7 Å². The van der Waals surface area contributed by atoms with Gasteiger partial charge in [-0.25, -0.2) is 0 Å². The number of nitrogens with one attached hydrogen (secondary N) is 1. The average molecular weight is 263 g/mol. The molecule has 1 rings (SSSR count). The third-order valence-corrected chi connectivity index (χ3v) is 2.18. The van der Waals surface area contributed by atoms with Gasteiger partial charge in [0.15, 0.2) is 0 Å². The Labute approximate surface area is 101 Å². The van der Waals surface area contributed by atoms with Crippen molar-refractivity contribution >= 4 is 5.97 Å². The summed E-state index contributed by atoms with van der Waals surface area (Å²) in [6, 6.07) is 4.46. The van der Waals surface area contributed by atoms with Crippen LogP contribution in [0, 0.1) is 0 Å². The molecule has 0 aromatic heterocycles. The van der Waals surface area contributed by atoms with Crippen LogP contribution in [0.4, 0.5) is 13.2 Å². The number of benzene rings is 1. The molecule has 0 aliphatic carbocycles. The molecule has 0 amide bonds. The molecule has 0 spiro atoms. The first-order valence-electron chi connectivity index (χ1n) is 5.00. The number of ether oxygens (including phenoxy) is 1. The first kappa shape index (κ1) is 14.3. The Bertz CT molecular complexity index is 420. The zero-order valence-electron chi connectivity index (χ0n) is 9.49. The van der Waals surface area contributed by atoms with Gasteiger partial charge in [0.1, 0.15) is 11.8 Å². The molecular formula is C11H12F3NO3. The Kier molecular flexibility index (Phi) is 4.55. The lowest BCUT2D eigenvalue weighted by atomic mass is 10.1. The highest BCUT2D eigenvalue weighted by molar-refractivity contribution is 5.75. The predicted molar refractivity (Wildman–Crippen MR) is 57.4 cm³/mol. The fraction of sp³-hybridized carbons (Fsp3) is 0.364. The predicted octanol–water partition coefficient (Wildman–Crippen LogP) is 1.97. The minimum atomic E-state index is -4.47. The molecule has 0 fully saturated rings. The van der Waals surface area contributed by atoms with Gasteiger partial charge in [-0.1, -0.05) is 12.1 Å². The number of carboxylic acid groups (broad SMARTS) is 1. The zero-order chi connectivity index (χ0) is 13.8. The van der Waals surface area contributed by atoms with E-state index in [0.29, 0.717) is 5.75 Å². The fourth-order valence-electron chi connectivity index (χ4n) is 1.39. The van der Waals surface area contributed by atoms with Crippen molar-refractivity contribution in [3.8, 4) is 5.75 Å². The second-order valence-electron chi connectivity index (χ2n) is 3.54. The largest absolute Gasteiger partial charge is 0.497 e. The van der Waals surface area contributed by atoms with Crippen molar-refractivity contribution < 1.29 is 27.8 Å². The van der Waals surface area contributed by atoms with Gasteiger partial charge in [-0.05, 0) is 17.7 Å². The third-order valence-electron chi connectivity index (χ3n) is 2.18. The van der Waals surface area contributed by atoms with Crippen molar-refractivity contribution in [3.63, 3.8) is 0 Å². The maximum atomic E-state index is 12.1. The lowest BCUT2D eigenvalue weighted by Crippen LogP contribution is -2.36. The number of rotatable bonds is 5. The summed E-state index contributed by atoms with van der Waals surface area (Å²) < 4.78 is 41.1. The summed E-state index contributed by atoms with van der Waals surface area (Å²) in [4.78, 5) is 10.9. The highest BCUT2D eigenvalue weighted by Crippen LogP contribution is 2.21. The van der Waals surface area contributed by atoms with Crippen LogP contribution >= 0.6 is 0 Å². The second-order valence-corrected chi connectivity index (χ2v) is 3.54. The molecule has 0 heterocycles. The molecular weight excluding hydrogens is 251 g/mol. The van der Waals surface area contributed by atoms with E-state index in [1.807, 2.05) is 5.32 Å². The van der Waals surface area contributed by atoms with Gasteiger partial charge in [0.05, 0.1) is 13.7 Å². The number of alkyl halides is 3. The van der Waals surface area contributed by atoms with E-state index in [9.17, 15) is 18.0 Å². The summed E-state index contributed by atoms with van der Waals surface area (Å²) in [7, 11) is 1.39. The SMILES string of the molecule is COc1cccc(C(NCC(F)(F)F)C(=O)O)c1. The van der Waals surface area contributed by atoms with Gasteiger partial charge in [-0.15, -0.1) is 0 Å². The standard InChI is InChI=1S/C11H12F3NO3/c1-18-8-4-2-3-7(5-8)9(10(16)17)15-6-11(12,13)14/h2-5,9,15H,6H2,1H3,(H,16,17). The van der Waals surface area contributed by atoms with Crippen molar-refractivity contribution in [2.75, 3.05) is 13.7 Å². The van der Waals surface area contributed by atoms with Crippen LogP contribution < -0.4 is 10.1 Å². The maximum absolute atomic E-state index is 12.1. The van der Waals surface area contributed by atoms with Crippen LogP contribution in [0.25, 0.3) is 0 Å². The van der Waals surface area contributed by atoms with Gasteiger partial charge < -0.3 is 9.84 Å². The smallest absolute Gasteiger partial charge is 0.401 e. The van der Waals surface area contributed by atoms with E-state index in [-0.39, 0.29) is 5.56 Å². The van der Waals surface area contributed by atoms with E-state index in [0.717, 1.165) is 0 Å². The molecule has 4 nitrogen and oxygen atoms in total. The van der Waals surface area contributed by atoms with Crippen LogP contribution in [0.3, 0.4) is 0 Å². The zero-order valence-corrected chi connectivity index (χ0v) is 9.49. The molecule has 2 N–H and O–H groups in total. The Morgan fingerprint density at radius 1 is 1.50 bits per heavy atom. The number of carboxylic acids is 1. The second kappa shape index (κ2) is 5.72. The molecule has 0 saturated heterocycles. The number of hydrogen-bond acceptors (Lipinski definition) is 3. The van der Waals surface area contributed by atoms with Crippen LogP contribution in [0.2, 0.25) is 0 Å². The summed E-state index contributed by atoms with van der Waals surface area (Å²) in [5.41, 5.74) is 0.200. The highest BCUT2D eigenvalue weighted by Gasteiger charge is 2.30. The van der Waals surface area contributed by atoms with E-state index in [1.54, 1.807) is 6.07 Å². The van der Waals surface area contributed by atoms with Crippen LogP contribution in [-0.4, -0.2) is 30.9 Å². The molecule has 1 unspecified atom stereocenters. The van der Waals surface area contributed by atoms with Crippen molar-refractivity contribution in [2.45, 2.75) is 12.2 Å². The summed E-state index contributed by atoms with van der Waals surface area (Å²) in [5.74, 6) is -1.000. The Hall–Kier alpha value is -1.76. The van der Waals surface area contributed by atoms with Crippen molar-refractivity contribution in [1.82, 2.24) is 5.32 Å². The highest BCUT2D eigenvalue weighted by atomic mass is 19.4. The molecule has 0 saturated carbocycles. The van der Waals surface area contributed by atoms with E-state index in [2.05, 4.69) is 0 Å². The minimum absolute atomic E-state index is 0.200. The Balaban J connectivity index is 2.87. The van der Waals surface area contributed by atoms with Gasteiger partial charge >= 0.3 is 12.1 Å². The molecule has 0 aliphatic heterocycles. The average Bonchev–Trinajstić information content (AvgIpc) is 2.27. The van der Waals surface area contributed by atoms with E-state index in [4.69, 9.17) is 9.84 Å². The molecule has 0 radical (unpaired) electrons. The Morgan fingerprint density at radius 3 is 2.67 bits per heavy atom. The number of hydrogen-bond donors (Lipinski definition) is 2. The van der Waals surface area contributed by atoms with Gasteiger partial charge in [0, 0.05) is 0 Å². The molecule has 1 atom stereocenters. The third kappa shape index (κ3) is 4.25. The number of methoxy groups -OCH3 is 1. The van der Waals surface area contributed by atoms with Crippen molar-refractivity contribution in [3.05, 3.63) is 29.8 Å². The summed E-state index contributed by atoms with van der Waals surface area (Å²) in [6.07, 6.45) is -4.47. The topological polar surface area (TPSA) is 58.6 Å². The van der Waals surface area contributed by atoms with Gasteiger partial charge in [0.2, 0.25) is 0 Å². The Morgan fingerprint density at radius 2 is 2.17 bits per heavy atom. The van der Waals surface area contributed by atoms with E-state index >= 15 is 0 Å². The first-order chi connectivity index (χ1) is 8.33. The maximum Gasteiger partial charge on any atom is 0.401 e. The number of aliphatic carboxylic acids is 1. The van der Waals surface area contributed by atoms with Gasteiger partial charge in [-0.2, -0.15) is 13.2 Å². The first-order valence-corrected chi connectivity index (χ1v) is 5.00. The molecule has 100 valence electrons. The quantitative estimate of drug-likeness (QED) is 0.852. The molecule has 7 heteroatoms. The molecule has 0 bridgehead atoms.